The average molecular weight is 382 g/mol. The van der Waals surface area contributed by atoms with E-state index in [0.717, 1.165) is 4.88 Å². The van der Waals surface area contributed by atoms with E-state index in [2.05, 4.69) is 4.98 Å². The van der Waals surface area contributed by atoms with E-state index in [1.165, 1.54) is 11.3 Å². The Bertz CT molecular complexity index is 666. The Morgan fingerprint density at radius 2 is 1.64 bits per heavy atom. The van der Waals surface area contributed by atoms with Crippen LogP contribution in [0.2, 0.25) is 0 Å². The number of nitrogens with zero attached hydrogens (tertiary/aromatic N) is 2. The number of fused-ring (bicyclic) bond motifs is 1. The van der Waals surface area contributed by atoms with Crippen molar-refractivity contribution in [1.29, 1.82) is 0 Å². The molecule has 0 radical (unpaired) electrons. The van der Waals surface area contributed by atoms with Gasteiger partial charge in [0.05, 0.1) is 16.3 Å². The van der Waals surface area contributed by atoms with E-state index in [9.17, 15) is 33.0 Å². The lowest BCUT2D eigenvalue weighted by atomic mass is 9.97. The van der Waals surface area contributed by atoms with Crippen LogP contribution in [-0.4, -0.2) is 62.4 Å². The third-order valence-corrected chi connectivity index (χ3v) is 5.07. The molecular formula is C13H13F3N2O6S. The van der Waals surface area contributed by atoms with Crippen LogP contribution in [0.25, 0.3) is 0 Å². The Morgan fingerprint density at radius 3 is 1.96 bits per heavy atom. The molecule has 2 fully saturated rings. The molecule has 0 aromatic carbocycles. The number of carboxylic acids is 3. The minimum absolute atomic E-state index is 0.254. The summed E-state index contributed by atoms with van der Waals surface area (Å²) in [5.74, 6) is -4.74. The number of hydrogen-bond donors (Lipinski definition) is 3. The number of alkyl halides is 3. The van der Waals surface area contributed by atoms with Crippen molar-refractivity contribution in [3.63, 3.8) is 0 Å². The van der Waals surface area contributed by atoms with Crippen LogP contribution in [0.15, 0.2) is 11.7 Å². The Labute approximate surface area is 142 Å². The SMILES string of the molecule is O=C(O)C(F)(F)F.O=C(O)[C@@]12CN(Cc3cncs3)C[C@]1(C(=O)O)C2. The first kappa shape index (κ1) is 19.1. The monoisotopic (exact) mass is 382 g/mol. The molecule has 1 aliphatic carbocycles. The molecule has 2 heterocycles. The lowest BCUT2D eigenvalue weighted by Crippen LogP contribution is -2.28. The Kier molecular flexibility index (Phi) is 4.79. The van der Waals surface area contributed by atoms with E-state index in [0.29, 0.717) is 19.6 Å². The summed E-state index contributed by atoms with van der Waals surface area (Å²) >= 11 is 1.49. The lowest BCUT2D eigenvalue weighted by Gasteiger charge is -2.18. The fraction of sp³-hybridized carbons (Fsp3) is 0.538. The fourth-order valence-corrected chi connectivity index (χ4v) is 3.69. The van der Waals surface area contributed by atoms with E-state index < -0.39 is 34.9 Å². The second-order valence-corrected chi connectivity index (χ2v) is 6.84. The van der Waals surface area contributed by atoms with Crippen molar-refractivity contribution >= 4 is 29.2 Å². The van der Waals surface area contributed by atoms with Gasteiger partial charge in [-0.25, -0.2) is 4.79 Å². The molecule has 2 aliphatic rings. The molecule has 1 aliphatic heterocycles. The Hall–Kier alpha value is -2.21. The van der Waals surface area contributed by atoms with Crippen molar-refractivity contribution < 1.29 is 42.9 Å². The molecule has 1 saturated carbocycles. The molecule has 1 aromatic rings. The summed E-state index contributed by atoms with van der Waals surface area (Å²) < 4.78 is 31.7. The van der Waals surface area contributed by atoms with E-state index in [1.54, 1.807) is 11.7 Å². The molecular weight excluding hydrogens is 369 g/mol. The molecule has 3 N–H and O–H groups in total. The number of aromatic nitrogens is 1. The average Bonchev–Trinajstić information content (AvgIpc) is 2.83. The van der Waals surface area contributed by atoms with Gasteiger partial charge in [0.25, 0.3) is 0 Å². The predicted molar refractivity (Wildman–Crippen MR) is 75.8 cm³/mol. The first-order valence-electron chi connectivity index (χ1n) is 6.81. The van der Waals surface area contributed by atoms with Crippen LogP contribution >= 0.6 is 11.3 Å². The van der Waals surface area contributed by atoms with Gasteiger partial charge in [-0.15, -0.1) is 11.3 Å². The van der Waals surface area contributed by atoms with Crippen LogP contribution in [0.1, 0.15) is 11.3 Å². The number of carboxylic acid groups (broad SMARTS) is 3. The van der Waals surface area contributed by atoms with Crippen LogP contribution in [0.4, 0.5) is 13.2 Å². The first-order valence-corrected chi connectivity index (χ1v) is 7.69. The molecule has 0 unspecified atom stereocenters. The van der Waals surface area contributed by atoms with Gasteiger partial charge in [0.1, 0.15) is 0 Å². The minimum Gasteiger partial charge on any atom is -0.481 e. The van der Waals surface area contributed by atoms with Crippen molar-refractivity contribution in [2.24, 2.45) is 10.8 Å². The summed E-state index contributed by atoms with van der Waals surface area (Å²) in [7, 11) is 0. The summed E-state index contributed by atoms with van der Waals surface area (Å²) in [5.41, 5.74) is -0.445. The second kappa shape index (κ2) is 6.26. The van der Waals surface area contributed by atoms with Gasteiger partial charge in [-0.1, -0.05) is 0 Å². The number of piperidine rings is 1. The minimum atomic E-state index is -5.08. The van der Waals surface area contributed by atoms with Crippen molar-refractivity contribution in [1.82, 2.24) is 9.88 Å². The molecule has 3 rings (SSSR count). The van der Waals surface area contributed by atoms with E-state index in [4.69, 9.17) is 9.90 Å². The summed E-state index contributed by atoms with van der Waals surface area (Å²) in [6, 6.07) is 0. The molecule has 1 saturated heterocycles. The zero-order valence-corrected chi connectivity index (χ0v) is 13.3. The maximum Gasteiger partial charge on any atom is 0.490 e. The van der Waals surface area contributed by atoms with Crippen LogP contribution in [0.5, 0.6) is 0 Å². The maximum atomic E-state index is 11.3. The van der Waals surface area contributed by atoms with Gasteiger partial charge < -0.3 is 15.3 Å². The highest BCUT2D eigenvalue weighted by Crippen LogP contribution is 2.68. The Morgan fingerprint density at radius 1 is 1.16 bits per heavy atom. The smallest absolute Gasteiger partial charge is 0.481 e. The molecule has 0 bridgehead atoms. The Balaban J connectivity index is 0.000000277. The van der Waals surface area contributed by atoms with Gasteiger partial charge in [-0.3, -0.25) is 19.5 Å². The van der Waals surface area contributed by atoms with Gasteiger partial charge in [-0.2, -0.15) is 13.2 Å². The summed E-state index contributed by atoms with van der Waals surface area (Å²) in [5, 5.41) is 25.7. The zero-order chi connectivity index (χ0) is 19.0. The van der Waals surface area contributed by atoms with Crippen molar-refractivity contribution in [2.75, 3.05) is 13.1 Å². The van der Waals surface area contributed by atoms with Crippen LogP contribution < -0.4 is 0 Å². The lowest BCUT2D eigenvalue weighted by molar-refractivity contribution is -0.192. The number of rotatable bonds is 4. The number of thiazole rings is 1. The topological polar surface area (TPSA) is 128 Å². The molecule has 0 amide bonds. The molecule has 8 nitrogen and oxygen atoms in total. The van der Waals surface area contributed by atoms with Gasteiger partial charge in [0.2, 0.25) is 0 Å². The highest BCUT2D eigenvalue weighted by molar-refractivity contribution is 7.09. The van der Waals surface area contributed by atoms with Gasteiger partial charge in [0, 0.05) is 30.7 Å². The summed E-state index contributed by atoms with van der Waals surface area (Å²) in [4.78, 5) is 38.4. The fourth-order valence-electron chi connectivity index (χ4n) is 3.05. The third-order valence-electron chi connectivity index (χ3n) is 4.31. The molecule has 138 valence electrons. The van der Waals surface area contributed by atoms with E-state index in [1.807, 2.05) is 4.90 Å². The predicted octanol–water partition coefficient (Wildman–Crippen LogP) is 1.14. The number of hydrogen-bond acceptors (Lipinski definition) is 6. The molecule has 25 heavy (non-hydrogen) atoms. The van der Waals surface area contributed by atoms with Gasteiger partial charge >= 0.3 is 24.1 Å². The second-order valence-electron chi connectivity index (χ2n) is 5.87. The molecule has 2 atom stereocenters. The standard InChI is InChI=1S/C11H12N2O4S.C2HF3O2/c14-8(15)10-3-11(10,9(16)17)5-13(4-10)2-7-1-12-6-18-7;3-2(4,5)1(6)7/h1,6H,2-5H2,(H,14,15)(H,16,17);(H,6,7)/t10-,11+;. The van der Waals surface area contributed by atoms with E-state index in [-0.39, 0.29) is 6.42 Å². The normalized spacial score (nSPS) is 27.8. The van der Waals surface area contributed by atoms with Crippen LogP contribution in [0, 0.1) is 10.8 Å². The quantitative estimate of drug-likeness (QED) is 0.707. The molecule has 12 heteroatoms. The van der Waals surface area contributed by atoms with Crippen LogP contribution in [0.3, 0.4) is 0 Å². The van der Waals surface area contributed by atoms with E-state index >= 15 is 0 Å². The third kappa shape index (κ3) is 3.44. The van der Waals surface area contributed by atoms with Crippen molar-refractivity contribution in [3.8, 4) is 0 Å². The number of aliphatic carboxylic acids is 3. The molecule has 1 aromatic heterocycles. The van der Waals surface area contributed by atoms with Crippen molar-refractivity contribution in [2.45, 2.75) is 19.1 Å². The van der Waals surface area contributed by atoms with Gasteiger partial charge in [-0.05, 0) is 6.42 Å². The highest BCUT2D eigenvalue weighted by atomic mass is 32.1. The first-order chi connectivity index (χ1) is 11.4. The maximum absolute atomic E-state index is 11.3. The number of carbonyl (C=O) groups is 3. The largest absolute Gasteiger partial charge is 0.490 e. The summed E-state index contributed by atoms with van der Waals surface area (Å²) in [6.07, 6.45) is -3.10. The zero-order valence-electron chi connectivity index (χ0n) is 12.5. The van der Waals surface area contributed by atoms with Gasteiger partial charge in [0.15, 0.2) is 0 Å². The van der Waals surface area contributed by atoms with Crippen LogP contribution in [-0.2, 0) is 20.9 Å². The number of likely N-dealkylation sites (tertiary alicyclic amines) is 1. The highest BCUT2D eigenvalue weighted by Gasteiger charge is 2.80. The van der Waals surface area contributed by atoms with Crippen molar-refractivity contribution in [3.05, 3.63) is 16.6 Å². The molecule has 0 spiro atoms. The number of halogens is 3. The summed E-state index contributed by atoms with van der Waals surface area (Å²) in [6.45, 7) is 1.20.